The highest BCUT2D eigenvalue weighted by Crippen LogP contribution is 2.24. The van der Waals surface area contributed by atoms with Crippen molar-refractivity contribution in [1.82, 2.24) is 4.98 Å². The topological polar surface area (TPSA) is 54.2 Å². The molecule has 4 heteroatoms. The van der Waals surface area contributed by atoms with Crippen molar-refractivity contribution in [2.45, 2.75) is 51.6 Å². The van der Waals surface area contributed by atoms with E-state index in [0.717, 1.165) is 38.0 Å². The first-order chi connectivity index (χ1) is 9.10. The maximum absolute atomic E-state index is 5.94. The molecular weight excluding hydrogens is 236 g/mol. The Morgan fingerprint density at radius 2 is 2.05 bits per heavy atom. The molecule has 1 aliphatic carbocycles. The smallest absolute Gasteiger partial charge is 0.128 e. The lowest BCUT2D eigenvalue weighted by atomic mass is 9.92. The molecule has 106 valence electrons. The summed E-state index contributed by atoms with van der Waals surface area (Å²) in [5, 5.41) is 3.55. The van der Waals surface area contributed by atoms with Gasteiger partial charge in [-0.2, -0.15) is 0 Å². The van der Waals surface area contributed by atoms with E-state index in [1.807, 2.05) is 6.20 Å². The second-order valence-electron chi connectivity index (χ2n) is 5.63. The number of hydrogen-bond donors (Lipinski definition) is 2. The van der Waals surface area contributed by atoms with Crippen LogP contribution in [0.15, 0.2) is 12.3 Å². The second kappa shape index (κ2) is 6.24. The number of nitrogens with zero attached hydrogens (tertiary/aromatic N) is 2. The Bertz CT molecular complexity index is 411. The molecule has 0 amide bonds. The van der Waals surface area contributed by atoms with Gasteiger partial charge in [-0.1, -0.05) is 0 Å². The van der Waals surface area contributed by atoms with Crippen LogP contribution in [-0.2, 0) is 0 Å². The Balaban J connectivity index is 2.04. The molecule has 19 heavy (non-hydrogen) atoms. The molecular formula is C15H26N4. The fraction of sp³-hybridized carbons (Fsp3) is 0.667. The first kappa shape index (κ1) is 14.1. The Labute approximate surface area is 116 Å². The van der Waals surface area contributed by atoms with Gasteiger partial charge in [-0.15, -0.1) is 0 Å². The standard InChI is InChI=1S/C15H26N4/c1-4-19(3)14-9-15(17-10-11(14)2)18-13-7-5-12(16)6-8-13/h9-10,12-13H,4-8,16H2,1-3H3,(H,17,18). The highest BCUT2D eigenvalue weighted by molar-refractivity contribution is 5.58. The van der Waals surface area contributed by atoms with E-state index in [1.165, 1.54) is 11.3 Å². The van der Waals surface area contributed by atoms with Crippen molar-refractivity contribution in [3.63, 3.8) is 0 Å². The summed E-state index contributed by atoms with van der Waals surface area (Å²) < 4.78 is 0. The van der Waals surface area contributed by atoms with Gasteiger partial charge in [0.25, 0.3) is 0 Å². The third kappa shape index (κ3) is 3.60. The number of pyridine rings is 1. The van der Waals surface area contributed by atoms with Gasteiger partial charge in [-0.3, -0.25) is 0 Å². The molecule has 1 heterocycles. The monoisotopic (exact) mass is 262 g/mol. The van der Waals surface area contributed by atoms with Gasteiger partial charge in [-0.05, 0) is 45.1 Å². The van der Waals surface area contributed by atoms with Crippen LogP contribution in [0, 0.1) is 6.92 Å². The number of rotatable bonds is 4. The summed E-state index contributed by atoms with van der Waals surface area (Å²) in [6.07, 6.45) is 6.49. The minimum atomic E-state index is 0.394. The zero-order valence-corrected chi connectivity index (χ0v) is 12.3. The van der Waals surface area contributed by atoms with Crippen LogP contribution in [0.3, 0.4) is 0 Å². The number of nitrogens with two attached hydrogens (primary N) is 1. The van der Waals surface area contributed by atoms with Gasteiger partial charge in [0.05, 0.1) is 0 Å². The lowest BCUT2D eigenvalue weighted by Crippen LogP contribution is -2.33. The van der Waals surface area contributed by atoms with Crippen LogP contribution < -0.4 is 16.0 Å². The van der Waals surface area contributed by atoms with Crippen molar-refractivity contribution < 1.29 is 0 Å². The quantitative estimate of drug-likeness (QED) is 0.875. The molecule has 1 fully saturated rings. The molecule has 0 saturated heterocycles. The third-order valence-electron chi connectivity index (χ3n) is 4.08. The van der Waals surface area contributed by atoms with Crippen LogP contribution in [0.2, 0.25) is 0 Å². The molecule has 1 saturated carbocycles. The maximum atomic E-state index is 5.94. The molecule has 0 aliphatic heterocycles. The summed E-state index contributed by atoms with van der Waals surface area (Å²) in [5.74, 6) is 0.987. The number of hydrogen-bond acceptors (Lipinski definition) is 4. The zero-order chi connectivity index (χ0) is 13.8. The van der Waals surface area contributed by atoms with Crippen LogP contribution in [0.5, 0.6) is 0 Å². The largest absolute Gasteiger partial charge is 0.375 e. The summed E-state index contributed by atoms with van der Waals surface area (Å²) >= 11 is 0. The highest BCUT2D eigenvalue weighted by Gasteiger charge is 2.18. The fourth-order valence-corrected chi connectivity index (χ4v) is 2.65. The summed E-state index contributed by atoms with van der Waals surface area (Å²) in [5.41, 5.74) is 8.42. The van der Waals surface area contributed by atoms with Crippen LogP contribution >= 0.6 is 0 Å². The van der Waals surface area contributed by atoms with E-state index >= 15 is 0 Å². The predicted octanol–water partition coefficient (Wildman–Crippen LogP) is 2.53. The molecule has 4 nitrogen and oxygen atoms in total. The minimum absolute atomic E-state index is 0.394. The average Bonchev–Trinajstić information content (AvgIpc) is 2.42. The van der Waals surface area contributed by atoms with E-state index in [0.29, 0.717) is 12.1 Å². The first-order valence-electron chi connectivity index (χ1n) is 7.30. The number of nitrogens with one attached hydrogen (secondary N) is 1. The van der Waals surface area contributed by atoms with Crippen molar-refractivity contribution in [2.24, 2.45) is 5.73 Å². The van der Waals surface area contributed by atoms with E-state index < -0.39 is 0 Å². The second-order valence-corrected chi connectivity index (χ2v) is 5.63. The zero-order valence-electron chi connectivity index (χ0n) is 12.3. The van der Waals surface area contributed by atoms with E-state index in [4.69, 9.17) is 5.73 Å². The summed E-state index contributed by atoms with van der Waals surface area (Å²) in [6.45, 7) is 5.27. The molecule has 0 bridgehead atoms. The lowest BCUT2D eigenvalue weighted by molar-refractivity contribution is 0.410. The fourth-order valence-electron chi connectivity index (χ4n) is 2.65. The van der Waals surface area contributed by atoms with E-state index in [9.17, 15) is 0 Å². The maximum Gasteiger partial charge on any atom is 0.128 e. The molecule has 0 unspecified atom stereocenters. The number of aromatic nitrogens is 1. The molecule has 0 aromatic carbocycles. The minimum Gasteiger partial charge on any atom is -0.375 e. The van der Waals surface area contributed by atoms with Gasteiger partial charge < -0.3 is 16.0 Å². The Kier molecular flexibility index (Phi) is 4.64. The van der Waals surface area contributed by atoms with Crippen LogP contribution in [0.4, 0.5) is 11.5 Å². The van der Waals surface area contributed by atoms with Gasteiger partial charge >= 0.3 is 0 Å². The van der Waals surface area contributed by atoms with E-state index in [-0.39, 0.29) is 0 Å². The summed E-state index contributed by atoms with van der Waals surface area (Å²) in [4.78, 5) is 6.75. The highest BCUT2D eigenvalue weighted by atomic mass is 15.1. The molecule has 0 atom stereocenters. The number of aryl methyl sites for hydroxylation is 1. The average molecular weight is 262 g/mol. The molecule has 1 aromatic heterocycles. The summed E-state index contributed by atoms with van der Waals surface area (Å²) in [7, 11) is 2.12. The number of anilines is 2. The van der Waals surface area contributed by atoms with Crippen LogP contribution in [0.25, 0.3) is 0 Å². The molecule has 2 rings (SSSR count). The van der Waals surface area contributed by atoms with E-state index in [1.54, 1.807) is 0 Å². The Morgan fingerprint density at radius 1 is 1.37 bits per heavy atom. The molecule has 3 N–H and O–H groups in total. The van der Waals surface area contributed by atoms with Gasteiger partial charge in [0.1, 0.15) is 5.82 Å². The predicted molar refractivity (Wildman–Crippen MR) is 81.8 cm³/mol. The normalized spacial score (nSPS) is 23.2. The third-order valence-corrected chi connectivity index (χ3v) is 4.08. The Hall–Kier alpha value is -1.29. The molecule has 0 spiro atoms. The first-order valence-corrected chi connectivity index (χ1v) is 7.30. The van der Waals surface area contributed by atoms with Gasteiger partial charge in [0.2, 0.25) is 0 Å². The molecule has 1 aromatic rings. The van der Waals surface area contributed by atoms with Crippen molar-refractivity contribution in [3.05, 3.63) is 17.8 Å². The van der Waals surface area contributed by atoms with Crippen molar-refractivity contribution in [2.75, 3.05) is 23.8 Å². The van der Waals surface area contributed by atoms with Crippen molar-refractivity contribution in [1.29, 1.82) is 0 Å². The van der Waals surface area contributed by atoms with Crippen LogP contribution in [-0.4, -0.2) is 30.7 Å². The van der Waals surface area contributed by atoms with E-state index in [2.05, 4.69) is 42.2 Å². The van der Waals surface area contributed by atoms with Gasteiger partial charge in [-0.25, -0.2) is 4.98 Å². The van der Waals surface area contributed by atoms with Crippen LogP contribution in [0.1, 0.15) is 38.2 Å². The lowest BCUT2D eigenvalue weighted by Gasteiger charge is -2.28. The van der Waals surface area contributed by atoms with Crippen molar-refractivity contribution in [3.8, 4) is 0 Å². The molecule has 0 radical (unpaired) electrons. The van der Waals surface area contributed by atoms with Gasteiger partial charge in [0.15, 0.2) is 0 Å². The van der Waals surface area contributed by atoms with Gasteiger partial charge in [0, 0.05) is 43.6 Å². The Morgan fingerprint density at radius 3 is 2.68 bits per heavy atom. The summed E-state index contributed by atoms with van der Waals surface area (Å²) in [6, 6.07) is 3.08. The SMILES string of the molecule is CCN(C)c1cc(NC2CCC(N)CC2)ncc1C. The van der Waals surface area contributed by atoms with Crippen molar-refractivity contribution >= 4 is 11.5 Å². The molecule has 1 aliphatic rings.